The van der Waals surface area contributed by atoms with Gasteiger partial charge in [0.05, 0.1) is 0 Å². The molecule has 2 fully saturated rings. The first-order chi connectivity index (χ1) is 7.83. The van der Waals surface area contributed by atoms with E-state index in [1.165, 1.54) is 43.9 Å². The van der Waals surface area contributed by atoms with E-state index in [-0.39, 0.29) is 0 Å². The molecule has 2 N–H and O–H groups in total. The first-order valence-corrected chi connectivity index (χ1v) is 6.68. The zero-order chi connectivity index (χ0) is 11.0. The summed E-state index contributed by atoms with van der Waals surface area (Å²) < 4.78 is 4.04. The smallest absolute Gasteiger partial charge is 0.233 e. The second kappa shape index (κ2) is 4.18. The number of hydrogen-bond acceptors (Lipinski definition) is 6. The molecule has 0 amide bonds. The molecule has 88 valence electrons. The highest BCUT2D eigenvalue weighted by Crippen LogP contribution is 2.26. The average Bonchev–Trinajstić information content (AvgIpc) is 2.97. The Bertz CT molecular complexity index is 360. The molecule has 0 aliphatic carbocycles. The Morgan fingerprint density at radius 1 is 1.25 bits per heavy atom. The van der Waals surface area contributed by atoms with Gasteiger partial charge < -0.3 is 10.6 Å². The minimum atomic E-state index is 0.407. The van der Waals surface area contributed by atoms with Gasteiger partial charge in [0.1, 0.15) is 0 Å². The van der Waals surface area contributed by atoms with Crippen LogP contribution in [-0.4, -0.2) is 46.5 Å². The predicted molar refractivity (Wildman–Crippen MR) is 65.7 cm³/mol. The number of anilines is 2. The molecule has 2 saturated heterocycles. The molecule has 0 radical (unpaired) electrons. The molecule has 1 aromatic heterocycles. The summed E-state index contributed by atoms with van der Waals surface area (Å²) in [6, 6.07) is 0.715. The van der Waals surface area contributed by atoms with Gasteiger partial charge in [-0.25, -0.2) is 0 Å². The van der Waals surface area contributed by atoms with Crippen molar-refractivity contribution >= 4 is 22.6 Å². The first kappa shape index (κ1) is 10.3. The van der Waals surface area contributed by atoms with E-state index in [1.807, 2.05) is 0 Å². The van der Waals surface area contributed by atoms with Crippen LogP contribution in [0.3, 0.4) is 0 Å². The Labute approximate surface area is 99.4 Å². The third-order valence-corrected chi connectivity index (χ3v) is 4.31. The summed E-state index contributed by atoms with van der Waals surface area (Å²) in [4.78, 5) is 9.18. The van der Waals surface area contributed by atoms with Crippen molar-refractivity contribution in [2.45, 2.75) is 25.3 Å². The largest absolute Gasteiger partial charge is 0.367 e. The molecule has 1 aromatic rings. The van der Waals surface area contributed by atoms with E-state index >= 15 is 0 Å². The fraction of sp³-hybridized carbons (Fsp3) is 0.800. The van der Waals surface area contributed by atoms with Crippen molar-refractivity contribution in [3.05, 3.63) is 0 Å². The normalized spacial score (nSPS) is 26.8. The average molecular weight is 239 g/mol. The lowest BCUT2D eigenvalue weighted by molar-refractivity contribution is 0.260. The summed E-state index contributed by atoms with van der Waals surface area (Å²) in [5.41, 5.74) is 5.55. The van der Waals surface area contributed by atoms with E-state index in [0.29, 0.717) is 12.0 Å². The second-order valence-electron chi connectivity index (χ2n) is 4.57. The predicted octanol–water partition coefficient (Wildman–Crippen LogP) is 0.795. The summed E-state index contributed by atoms with van der Waals surface area (Å²) in [7, 11) is 0. The zero-order valence-electron chi connectivity index (χ0n) is 9.30. The van der Waals surface area contributed by atoms with Crippen LogP contribution in [-0.2, 0) is 0 Å². The number of nitrogens with zero attached hydrogens (tertiary/aromatic N) is 4. The number of rotatable bonds is 2. The molecule has 2 aliphatic rings. The molecular weight excluding hydrogens is 222 g/mol. The lowest BCUT2D eigenvalue weighted by Crippen LogP contribution is -2.35. The van der Waals surface area contributed by atoms with Gasteiger partial charge in [0, 0.05) is 30.7 Å². The van der Waals surface area contributed by atoms with Crippen LogP contribution >= 0.6 is 11.5 Å². The van der Waals surface area contributed by atoms with Crippen LogP contribution in [0.15, 0.2) is 0 Å². The molecule has 0 saturated carbocycles. The summed E-state index contributed by atoms with van der Waals surface area (Å²) in [5.74, 6) is 0.407. The third-order valence-electron chi connectivity index (χ3n) is 3.52. The topological polar surface area (TPSA) is 58.3 Å². The van der Waals surface area contributed by atoms with Crippen LogP contribution in [0.1, 0.15) is 19.3 Å². The molecule has 16 heavy (non-hydrogen) atoms. The van der Waals surface area contributed by atoms with E-state index < -0.39 is 0 Å². The highest BCUT2D eigenvalue weighted by molar-refractivity contribution is 7.09. The number of nitrogen functional groups attached to an aromatic ring is 1. The summed E-state index contributed by atoms with van der Waals surface area (Å²) in [6.45, 7) is 4.73. The van der Waals surface area contributed by atoms with Crippen molar-refractivity contribution < 1.29 is 0 Å². The summed E-state index contributed by atoms with van der Waals surface area (Å²) in [6.07, 6.45) is 3.98. The molecule has 2 aliphatic heterocycles. The Kier molecular flexibility index (Phi) is 2.69. The van der Waals surface area contributed by atoms with E-state index in [0.717, 1.165) is 18.2 Å². The van der Waals surface area contributed by atoms with E-state index in [1.54, 1.807) is 0 Å². The SMILES string of the molecule is Nc1nsc(N2CCC(N3CCCC3)C2)n1. The number of aromatic nitrogens is 2. The molecule has 5 nitrogen and oxygen atoms in total. The number of nitrogens with two attached hydrogens (primary N) is 1. The van der Waals surface area contributed by atoms with Crippen LogP contribution in [0.25, 0.3) is 0 Å². The maximum absolute atomic E-state index is 5.55. The van der Waals surface area contributed by atoms with E-state index in [9.17, 15) is 0 Å². The Balaban J connectivity index is 1.64. The summed E-state index contributed by atoms with van der Waals surface area (Å²) in [5, 5.41) is 0.985. The van der Waals surface area contributed by atoms with Crippen molar-refractivity contribution in [2.75, 3.05) is 36.8 Å². The van der Waals surface area contributed by atoms with Crippen molar-refractivity contribution in [3.8, 4) is 0 Å². The van der Waals surface area contributed by atoms with Crippen LogP contribution < -0.4 is 10.6 Å². The molecule has 0 aromatic carbocycles. The van der Waals surface area contributed by atoms with Crippen molar-refractivity contribution in [2.24, 2.45) is 0 Å². The lowest BCUT2D eigenvalue weighted by Gasteiger charge is -2.23. The highest BCUT2D eigenvalue weighted by Gasteiger charge is 2.30. The van der Waals surface area contributed by atoms with Crippen molar-refractivity contribution in [1.82, 2.24) is 14.3 Å². The van der Waals surface area contributed by atoms with Gasteiger partial charge in [-0.3, -0.25) is 4.90 Å². The first-order valence-electron chi connectivity index (χ1n) is 5.91. The molecule has 1 unspecified atom stereocenters. The highest BCUT2D eigenvalue weighted by atomic mass is 32.1. The van der Waals surface area contributed by atoms with Gasteiger partial charge in [-0.2, -0.15) is 9.36 Å². The van der Waals surface area contributed by atoms with Gasteiger partial charge in [0.25, 0.3) is 0 Å². The third kappa shape index (κ3) is 1.87. The van der Waals surface area contributed by atoms with Crippen molar-refractivity contribution in [1.29, 1.82) is 0 Å². The molecule has 0 bridgehead atoms. The van der Waals surface area contributed by atoms with Gasteiger partial charge in [0.15, 0.2) is 0 Å². The van der Waals surface area contributed by atoms with Gasteiger partial charge >= 0.3 is 0 Å². The minimum absolute atomic E-state index is 0.407. The van der Waals surface area contributed by atoms with Crippen LogP contribution in [0.2, 0.25) is 0 Å². The minimum Gasteiger partial charge on any atom is -0.367 e. The van der Waals surface area contributed by atoms with E-state index in [4.69, 9.17) is 5.73 Å². The fourth-order valence-electron chi connectivity index (χ4n) is 2.68. The Morgan fingerprint density at radius 2 is 2.06 bits per heavy atom. The molecule has 1 atom stereocenters. The maximum atomic E-state index is 5.55. The maximum Gasteiger partial charge on any atom is 0.233 e. The standard InChI is InChI=1S/C10H17N5S/c11-9-12-10(16-13-9)15-6-3-8(7-15)14-4-1-2-5-14/h8H,1-7H2,(H2,11,13). The van der Waals surface area contributed by atoms with Crippen LogP contribution in [0.5, 0.6) is 0 Å². The zero-order valence-corrected chi connectivity index (χ0v) is 10.1. The Hall–Kier alpha value is -0.880. The Morgan fingerprint density at radius 3 is 2.75 bits per heavy atom. The monoisotopic (exact) mass is 239 g/mol. The number of hydrogen-bond donors (Lipinski definition) is 1. The second-order valence-corrected chi connectivity index (χ2v) is 5.30. The van der Waals surface area contributed by atoms with Gasteiger partial charge in [-0.15, -0.1) is 0 Å². The molecule has 3 rings (SSSR count). The van der Waals surface area contributed by atoms with Gasteiger partial charge in [-0.05, 0) is 32.4 Å². The quantitative estimate of drug-likeness (QED) is 0.827. The van der Waals surface area contributed by atoms with Gasteiger partial charge in [-0.1, -0.05) is 0 Å². The lowest BCUT2D eigenvalue weighted by atomic mass is 10.2. The van der Waals surface area contributed by atoms with Crippen LogP contribution in [0.4, 0.5) is 11.1 Å². The van der Waals surface area contributed by atoms with Gasteiger partial charge in [0.2, 0.25) is 11.1 Å². The summed E-state index contributed by atoms with van der Waals surface area (Å²) >= 11 is 1.41. The molecule has 3 heterocycles. The molecule has 0 spiro atoms. The van der Waals surface area contributed by atoms with E-state index in [2.05, 4.69) is 19.2 Å². The fourth-order valence-corrected chi connectivity index (χ4v) is 3.31. The van der Waals surface area contributed by atoms with Crippen LogP contribution in [0, 0.1) is 0 Å². The molecular formula is C10H17N5S. The molecule has 6 heteroatoms. The number of likely N-dealkylation sites (tertiary alicyclic amines) is 1. The van der Waals surface area contributed by atoms with Crippen molar-refractivity contribution in [3.63, 3.8) is 0 Å².